The zero-order chi connectivity index (χ0) is 36.4. The van der Waals surface area contributed by atoms with Crippen molar-refractivity contribution < 1.29 is 29.0 Å². The summed E-state index contributed by atoms with van der Waals surface area (Å²) in [5.41, 5.74) is 5.74. The van der Waals surface area contributed by atoms with Crippen LogP contribution in [0.5, 0.6) is 0 Å². The van der Waals surface area contributed by atoms with Gasteiger partial charge in [-0.1, -0.05) is 54.6 Å². The molecule has 13 nitrogen and oxygen atoms in total. The molecule has 2 saturated heterocycles. The molecule has 2 fully saturated rings. The highest BCUT2D eigenvalue weighted by Gasteiger charge is 2.38. The van der Waals surface area contributed by atoms with Crippen molar-refractivity contribution in [2.75, 3.05) is 18.4 Å². The number of fused-ring (bicyclic) bond motifs is 1. The molecule has 2 aliphatic rings. The molecule has 3 aromatic carbocycles. The van der Waals surface area contributed by atoms with Crippen LogP contribution in [0, 0.1) is 0 Å². The van der Waals surface area contributed by atoms with Crippen molar-refractivity contribution in [3.8, 4) is 22.5 Å². The number of alkyl carbamates (subject to hydrolysis) is 1. The van der Waals surface area contributed by atoms with Crippen LogP contribution >= 0.6 is 0 Å². The topological polar surface area (TPSA) is 173 Å². The Morgan fingerprint density at radius 3 is 2.31 bits per heavy atom. The average molecular weight is 704 g/mol. The molecule has 0 saturated carbocycles. The molecule has 2 aliphatic heterocycles. The summed E-state index contributed by atoms with van der Waals surface area (Å²) in [5.74, 6) is -0.00611. The van der Waals surface area contributed by atoms with Crippen molar-refractivity contribution in [1.82, 2.24) is 30.1 Å². The molecule has 268 valence electrons. The van der Waals surface area contributed by atoms with E-state index in [1.165, 1.54) is 4.90 Å². The van der Waals surface area contributed by atoms with E-state index < -0.39 is 24.3 Å². The molecule has 0 unspecified atom stereocenters. The molecular weight excluding hydrogens is 662 g/mol. The molecule has 0 spiro atoms. The molecule has 3 atom stereocenters. The van der Waals surface area contributed by atoms with Crippen molar-refractivity contribution in [3.63, 3.8) is 0 Å². The van der Waals surface area contributed by atoms with Gasteiger partial charge in [-0.25, -0.2) is 14.6 Å². The number of amides is 4. The van der Waals surface area contributed by atoms with Gasteiger partial charge in [-0.15, -0.1) is 0 Å². The molecule has 0 bridgehead atoms. The van der Waals surface area contributed by atoms with Gasteiger partial charge in [0.1, 0.15) is 17.9 Å². The summed E-state index contributed by atoms with van der Waals surface area (Å²) in [7, 11) is 0. The van der Waals surface area contributed by atoms with Crippen molar-refractivity contribution in [2.24, 2.45) is 0 Å². The van der Waals surface area contributed by atoms with E-state index in [1.807, 2.05) is 54.6 Å². The lowest BCUT2D eigenvalue weighted by atomic mass is 10.0. The van der Waals surface area contributed by atoms with Gasteiger partial charge in [0.05, 0.1) is 24.0 Å². The van der Waals surface area contributed by atoms with Gasteiger partial charge in [0.2, 0.25) is 5.91 Å². The van der Waals surface area contributed by atoms with Crippen LogP contribution in [0.25, 0.3) is 33.4 Å². The van der Waals surface area contributed by atoms with E-state index >= 15 is 0 Å². The number of carbonyl (C=O) groups is 4. The second-order valence-corrected chi connectivity index (χ2v) is 13.5. The number of carboxylic acid groups (broad SMARTS) is 1. The maximum Gasteiger partial charge on any atom is 0.408 e. The molecule has 13 heteroatoms. The summed E-state index contributed by atoms with van der Waals surface area (Å²) < 4.78 is 5.26. The number of rotatable bonds is 9. The largest absolute Gasteiger partial charge is 0.465 e. The van der Waals surface area contributed by atoms with Gasteiger partial charge in [-0.3, -0.25) is 14.5 Å². The number of imidazole rings is 1. The predicted molar refractivity (Wildman–Crippen MR) is 195 cm³/mol. The first kappa shape index (κ1) is 34.3. The number of nitrogens with zero attached hydrogens (tertiary/aromatic N) is 3. The Morgan fingerprint density at radius 1 is 0.865 bits per heavy atom. The average Bonchev–Trinajstić information content (AvgIpc) is 3.96. The van der Waals surface area contributed by atoms with Crippen LogP contribution < -0.4 is 10.6 Å². The lowest BCUT2D eigenvalue weighted by Crippen LogP contribution is -2.48. The van der Waals surface area contributed by atoms with Crippen LogP contribution in [0.2, 0.25) is 0 Å². The Morgan fingerprint density at radius 2 is 1.58 bits per heavy atom. The first-order chi connectivity index (χ1) is 25.1. The van der Waals surface area contributed by atoms with Gasteiger partial charge in [-0.2, -0.15) is 0 Å². The number of anilines is 1. The number of H-pyrrole nitrogens is 2. The van der Waals surface area contributed by atoms with Gasteiger partial charge in [-0.05, 0) is 80.5 Å². The molecule has 5 aromatic rings. The predicted octanol–water partition coefficient (Wildman–Crippen LogP) is 6.85. The minimum absolute atomic E-state index is 0.262. The van der Waals surface area contributed by atoms with E-state index in [-0.39, 0.29) is 24.0 Å². The number of nitrogens with one attached hydrogen (secondary N) is 4. The first-order valence-electron chi connectivity index (χ1n) is 17.6. The van der Waals surface area contributed by atoms with Crippen LogP contribution in [-0.2, 0) is 14.3 Å². The molecule has 4 amide bonds. The van der Waals surface area contributed by atoms with E-state index in [0.717, 1.165) is 46.3 Å². The Kier molecular flexibility index (Phi) is 9.66. The fraction of sp³-hybridized carbons (Fsp3) is 0.308. The molecule has 7 rings (SSSR count). The van der Waals surface area contributed by atoms with Crippen molar-refractivity contribution in [1.29, 1.82) is 0 Å². The lowest BCUT2D eigenvalue weighted by molar-refractivity contribution is -0.138. The third-order valence-electron chi connectivity index (χ3n) is 9.63. The van der Waals surface area contributed by atoms with E-state index in [1.54, 1.807) is 49.2 Å². The molecule has 0 radical (unpaired) electrons. The Labute approximate surface area is 300 Å². The van der Waals surface area contributed by atoms with Crippen LogP contribution in [0.4, 0.5) is 15.3 Å². The van der Waals surface area contributed by atoms with Gasteiger partial charge >= 0.3 is 12.2 Å². The van der Waals surface area contributed by atoms with Gasteiger partial charge in [0.15, 0.2) is 0 Å². The summed E-state index contributed by atoms with van der Waals surface area (Å²) in [4.78, 5) is 65.9. The standard InChI is InChI=1S/C39H41N7O6/c1-23(2)52-38(49)44-34(26-8-4-3-5-9-26)37(48)45-18-7-11-33(45)36(47)41-28-16-17-29-27(20-28)21-30(42-29)24-12-14-25(15-13-24)31-22-40-35(43-31)32-10-6-19-46(32)39(50)51/h3-5,8-9,12-17,20-23,32-34,42H,6-7,10-11,18-19H2,1-2H3,(H,40,43)(H,41,47)(H,44,49)(H,50,51)/t32-,33+,34+/m0/s1. The molecule has 52 heavy (non-hydrogen) atoms. The van der Waals surface area contributed by atoms with Crippen LogP contribution in [0.3, 0.4) is 0 Å². The molecule has 5 N–H and O–H groups in total. The third-order valence-corrected chi connectivity index (χ3v) is 9.63. The van der Waals surface area contributed by atoms with Crippen molar-refractivity contribution >= 4 is 40.6 Å². The summed E-state index contributed by atoms with van der Waals surface area (Å²) in [6, 6.07) is 22.7. The number of carbonyl (C=O) groups excluding carboxylic acids is 3. The van der Waals surface area contributed by atoms with E-state index in [9.17, 15) is 24.3 Å². The smallest absolute Gasteiger partial charge is 0.408 e. The number of aromatic nitrogens is 3. The maximum atomic E-state index is 13.9. The monoisotopic (exact) mass is 703 g/mol. The van der Waals surface area contributed by atoms with Gasteiger partial charge < -0.3 is 35.3 Å². The Balaban J connectivity index is 1.03. The van der Waals surface area contributed by atoms with Crippen LogP contribution in [-0.4, -0.2) is 79.1 Å². The summed E-state index contributed by atoms with van der Waals surface area (Å²) in [6.07, 6.45) is 2.47. The van der Waals surface area contributed by atoms with E-state index in [0.29, 0.717) is 43.0 Å². The third kappa shape index (κ3) is 7.20. The molecular formula is C39H41N7O6. The van der Waals surface area contributed by atoms with Crippen LogP contribution in [0.15, 0.2) is 85.1 Å². The van der Waals surface area contributed by atoms with E-state index in [4.69, 9.17) is 4.74 Å². The van der Waals surface area contributed by atoms with Crippen LogP contribution in [0.1, 0.15) is 63.0 Å². The fourth-order valence-corrected chi connectivity index (χ4v) is 7.12. The quantitative estimate of drug-likeness (QED) is 0.112. The number of hydrogen-bond acceptors (Lipinski definition) is 6. The fourth-order valence-electron chi connectivity index (χ4n) is 7.12. The summed E-state index contributed by atoms with van der Waals surface area (Å²) >= 11 is 0. The minimum atomic E-state index is -0.997. The number of hydrogen-bond donors (Lipinski definition) is 5. The number of benzene rings is 3. The maximum absolute atomic E-state index is 13.9. The Bertz CT molecular complexity index is 2090. The summed E-state index contributed by atoms with van der Waals surface area (Å²) in [6.45, 7) is 4.37. The van der Waals surface area contributed by atoms with Crippen molar-refractivity contribution in [2.45, 2.75) is 63.8 Å². The van der Waals surface area contributed by atoms with Gasteiger partial charge in [0.25, 0.3) is 5.91 Å². The molecule has 2 aromatic heterocycles. The number of likely N-dealkylation sites (tertiary alicyclic amines) is 2. The highest BCUT2D eigenvalue weighted by atomic mass is 16.6. The lowest BCUT2D eigenvalue weighted by Gasteiger charge is -2.29. The highest BCUT2D eigenvalue weighted by molar-refractivity contribution is 6.00. The first-order valence-corrected chi connectivity index (χ1v) is 17.6. The number of aromatic amines is 2. The second-order valence-electron chi connectivity index (χ2n) is 13.5. The molecule has 0 aliphatic carbocycles. The van der Waals surface area contributed by atoms with E-state index in [2.05, 4.69) is 25.6 Å². The van der Waals surface area contributed by atoms with Crippen molar-refractivity contribution in [3.05, 3.63) is 96.4 Å². The zero-order valence-corrected chi connectivity index (χ0v) is 29.0. The Hall–Kier alpha value is -6.11. The zero-order valence-electron chi connectivity index (χ0n) is 29.0. The second kappa shape index (κ2) is 14.6. The number of ether oxygens (including phenoxy) is 1. The minimum Gasteiger partial charge on any atom is -0.465 e. The van der Waals surface area contributed by atoms with Gasteiger partial charge in [0, 0.05) is 35.4 Å². The molecule has 4 heterocycles. The SMILES string of the molecule is CC(C)OC(=O)N[C@@H](C(=O)N1CCC[C@@H]1C(=O)Nc1ccc2[nH]c(-c3ccc(-c4cnc([C@@H]5CCCN5C(=O)O)[nH]4)cc3)cc2c1)c1ccccc1. The summed E-state index contributed by atoms with van der Waals surface area (Å²) in [5, 5.41) is 16.1. The highest BCUT2D eigenvalue weighted by Crippen LogP contribution is 2.33. The normalized spacial score (nSPS) is 17.8.